The van der Waals surface area contributed by atoms with Crippen molar-refractivity contribution in [3.05, 3.63) is 41.6 Å². The Hall–Kier alpha value is -2.96. The molecule has 0 aliphatic rings. The van der Waals surface area contributed by atoms with Crippen LogP contribution in [0.25, 0.3) is 0 Å². The van der Waals surface area contributed by atoms with Gasteiger partial charge in [0.15, 0.2) is 5.82 Å². The normalized spacial score (nSPS) is 14.5. The first-order valence-electron chi connectivity index (χ1n) is 7.74. The van der Waals surface area contributed by atoms with Gasteiger partial charge in [0.2, 0.25) is 6.41 Å². The van der Waals surface area contributed by atoms with Crippen molar-refractivity contribution in [1.82, 2.24) is 14.7 Å². The SMILES string of the molecule is C/C=C(\C=C(/C(C)C#N)C(F)(F)F)N(C=O)C(=O)C(C)(C)n1cc(F)cn1. The largest absolute Gasteiger partial charge is 0.414 e. The molecule has 0 fully saturated rings. The highest BCUT2D eigenvalue weighted by atomic mass is 19.4. The van der Waals surface area contributed by atoms with Gasteiger partial charge in [-0.25, -0.2) is 4.39 Å². The molecule has 1 unspecified atom stereocenters. The van der Waals surface area contributed by atoms with Crippen molar-refractivity contribution in [2.24, 2.45) is 5.92 Å². The zero-order valence-corrected chi connectivity index (χ0v) is 15.1. The number of nitriles is 1. The molecule has 1 rings (SSSR count). The quantitative estimate of drug-likeness (QED) is 0.427. The lowest BCUT2D eigenvalue weighted by Crippen LogP contribution is -2.46. The summed E-state index contributed by atoms with van der Waals surface area (Å²) >= 11 is 0. The van der Waals surface area contributed by atoms with Crippen LogP contribution in [0.5, 0.6) is 0 Å². The van der Waals surface area contributed by atoms with Crippen LogP contribution < -0.4 is 0 Å². The lowest BCUT2D eigenvalue weighted by atomic mass is 9.99. The van der Waals surface area contributed by atoms with E-state index in [4.69, 9.17) is 5.26 Å². The molecule has 0 saturated heterocycles. The molecule has 1 aromatic heterocycles. The van der Waals surface area contributed by atoms with E-state index >= 15 is 0 Å². The van der Waals surface area contributed by atoms with E-state index in [1.807, 2.05) is 0 Å². The van der Waals surface area contributed by atoms with E-state index in [0.29, 0.717) is 11.0 Å². The molecule has 0 spiro atoms. The number of aromatic nitrogens is 2. The van der Waals surface area contributed by atoms with E-state index in [-0.39, 0.29) is 12.1 Å². The van der Waals surface area contributed by atoms with E-state index < -0.39 is 34.9 Å². The average Bonchev–Trinajstić information content (AvgIpc) is 3.03. The molecular weight excluding hydrogens is 368 g/mol. The van der Waals surface area contributed by atoms with E-state index in [9.17, 15) is 27.2 Å². The fourth-order valence-electron chi connectivity index (χ4n) is 2.20. The molecule has 6 nitrogen and oxygen atoms in total. The summed E-state index contributed by atoms with van der Waals surface area (Å²) in [4.78, 5) is 24.7. The number of hydrogen-bond acceptors (Lipinski definition) is 4. The molecule has 146 valence electrons. The van der Waals surface area contributed by atoms with Gasteiger partial charge in [-0.15, -0.1) is 0 Å². The van der Waals surface area contributed by atoms with Crippen LogP contribution in [0.2, 0.25) is 0 Å². The van der Waals surface area contributed by atoms with Crippen LogP contribution in [0.3, 0.4) is 0 Å². The molecular formula is C17H18F4N4O2. The molecule has 0 aliphatic heterocycles. The zero-order valence-electron chi connectivity index (χ0n) is 15.1. The number of carbonyl (C=O) groups is 2. The van der Waals surface area contributed by atoms with Crippen molar-refractivity contribution in [1.29, 1.82) is 5.26 Å². The van der Waals surface area contributed by atoms with E-state index in [1.165, 1.54) is 26.8 Å². The predicted octanol–water partition coefficient (Wildman–Crippen LogP) is 3.29. The van der Waals surface area contributed by atoms with E-state index in [2.05, 4.69) is 5.10 Å². The number of rotatable bonds is 6. The minimum atomic E-state index is -4.83. The zero-order chi connectivity index (χ0) is 21.0. The fourth-order valence-corrected chi connectivity index (χ4v) is 2.20. The Labute approximate surface area is 153 Å². The number of amides is 2. The summed E-state index contributed by atoms with van der Waals surface area (Å²) in [6.45, 7) is 5.05. The number of allylic oxidation sites excluding steroid dienone is 3. The molecule has 27 heavy (non-hydrogen) atoms. The summed E-state index contributed by atoms with van der Waals surface area (Å²) in [5.74, 6) is -3.17. The standard InChI is InChI=1S/C17H18F4N4O2/c1-5-13(6-14(11(2)7-22)17(19,20)21)24(10-26)15(27)16(3,4)25-9-12(18)8-23-25/h5-6,8-11H,1-4H3/b13-5+,14-6+. The molecule has 1 heterocycles. The minimum Gasteiger partial charge on any atom is -0.278 e. The summed E-state index contributed by atoms with van der Waals surface area (Å²) in [7, 11) is 0. The van der Waals surface area contributed by atoms with Gasteiger partial charge in [0.1, 0.15) is 5.54 Å². The molecule has 10 heteroatoms. The Morgan fingerprint density at radius 1 is 1.41 bits per heavy atom. The second-order valence-corrected chi connectivity index (χ2v) is 6.10. The topological polar surface area (TPSA) is 79.0 Å². The van der Waals surface area contributed by atoms with Crippen LogP contribution in [-0.2, 0) is 15.1 Å². The number of alkyl halides is 3. The van der Waals surface area contributed by atoms with Crippen molar-refractivity contribution >= 4 is 12.3 Å². The fraction of sp³-hybridized carbons (Fsp3) is 0.412. The molecule has 2 amide bonds. The Balaban J connectivity index is 3.39. The van der Waals surface area contributed by atoms with Gasteiger partial charge in [0.05, 0.1) is 30.0 Å². The predicted molar refractivity (Wildman–Crippen MR) is 87.1 cm³/mol. The van der Waals surface area contributed by atoms with Crippen molar-refractivity contribution in [2.75, 3.05) is 0 Å². The summed E-state index contributed by atoms with van der Waals surface area (Å²) in [6.07, 6.45) is -1.30. The van der Waals surface area contributed by atoms with Gasteiger partial charge in [-0.05, 0) is 33.8 Å². The summed E-state index contributed by atoms with van der Waals surface area (Å²) in [6, 6.07) is 1.48. The molecule has 0 bridgehead atoms. The molecule has 0 aliphatic carbocycles. The highest BCUT2D eigenvalue weighted by molar-refractivity contribution is 5.93. The van der Waals surface area contributed by atoms with Crippen LogP contribution in [0.1, 0.15) is 27.7 Å². The maximum absolute atomic E-state index is 13.2. The molecule has 0 radical (unpaired) electrons. The van der Waals surface area contributed by atoms with Crippen LogP contribution in [0, 0.1) is 23.1 Å². The number of imide groups is 1. The highest BCUT2D eigenvalue weighted by Gasteiger charge is 2.39. The van der Waals surface area contributed by atoms with Gasteiger partial charge >= 0.3 is 6.18 Å². The van der Waals surface area contributed by atoms with Crippen LogP contribution in [0.4, 0.5) is 17.6 Å². The maximum Gasteiger partial charge on any atom is 0.414 e. The Morgan fingerprint density at radius 2 is 2.00 bits per heavy atom. The maximum atomic E-state index is 13.2. The first kappa shape index (κ1) is 22.1. The Kier molecular flexibility index (Phi) is 6.67. The van der Waals surface area contributed by atoms with Gasteiger partial charge in [-0.1, -0.05) is 6.08 Å². The van der Waals surface area contributed by atoms with Gasteiger partial charge < -0.3 is 0 Å². The summed E-state index contributed by atoms with van der Waals surface area (Å²) in [5, 5.41) is 12.5. The summed E-state index contributed by atoms with van der Waals surface area (Å²) in [5.41, 5.74) is -3.14. The van der Waals surface area contributed by atoms with Gasteiger partial charge in [0.25, 0.3) is 5.91 Å². The van der Waals surface area contributed by atoms with Gasteiger partial charge in [0, 0.05) is 5.70 Å². The number of hydrogen-bond donors (Lipinski definition) is 0. The average molecular weight is 386 g/mol. The van der Waals surface area contributed by atoms with Crippen molar-refractivity contribution in [2.45, 2.75) is 39.4 Å². The first-order chi connectivity index (χ1) is 12.4. The van der Waals surface area contributed by atoms with E-state index in [0.717, 1.165) is 30.1 Å². The second kappa shape index (κ2) is 8.16. The van der Waals surface area contributed by atoms with Crippen molar-refractivity contribution < 1.29 is 27.2 Å². The van der Waals surface area contributed by atoms with Crippen LogP contribution in [0.15, 0.2) is 35.8 Å². The lowest BCUT2D eigenvalue weighted by molar-refractivity contribution is -0.142. The third kappa shape index (κ3) is 4.81. The smallest absolute Gasteiger partial charge is 0.278 e. The lowest BCUT2D eigenvalue weighted by Gasteiger charge is -2.29. The molecule has 0 saturated carbocycles. The second-order valence-electron chi connectivity index (χ2n) is 6.10. The van der Waals surface area contributed by atoms with Gasteiger partial charge in [-0.2, -0.15) is 23.5 Å². The van der Waals surface area contributed by atoms with Gasteiger partial charge in [-0.3, -0.25) is 19.2 Å². The number of nitrogens with zero attached hydrogens (tertiary/aromatic N) is 4. The number of carbonyl (C=O) groups excluding carboxylic acids is 2. The third-order valence-electron chi connectivity index (χ3n) is 3.84. The monoisotopic (exact) mass is 386 g/mol. The van der Waals surface area contributed by atoms with Crippen molar-refractivity contribution in [3.63, 3.8) is 0 Å². The molecule has 1 atom stereocenters. The molecule has 1 aromatic rings. The summed E-state index contributed by atoms with van der Waals surface area (Å²) < 4.78 is 53.9. The molecule has 0 aromatic carbocycles. The van der Waals surface area contributed by atoms with Crippen molar-refractivity contribution in [3.8, 4) is 6.07 Å². The Morgan fingerprint density at radius 3 is 2.37 bits per heavy atom. The Bertz CT molecular complexity index is 816. The molecule has 0 N–H and O–H groups in total. The number of halogens is 4. The van der Waals surface area contributed by atoms with E-state index in [1.54, 1.807) is 0 Å². The minimum absolute atomic E-state index is 0.0564. The van der Waals surface area contributed by atoms with Crippen LogP contribution in [-0.4, -0.2) is 33.2 Å². The van der Waals surface area contributed by atoms with Crippen LogP contribution >= 0.6 is 0 Å². The highest BCUT2D eigenvalue weighted by Crippen LogP contribution is 2.33. The first-order valence-corrected chi connectivity index (χ1v) is 7.74. The third-order valence-corrected chi connectivity index (χ3v) is 3.84.